The molecule has 178 valence electrons. The molecule has 35 heavy (non-hydrogen) atoms. The van der Waals surface area contributed by atoms with Crippen molar-refractivity contribution in [3.8, 4) is 17.1 Å². The van der Waals surface area contributed by atoms with Crippen LogP contribution < -0.4 is 4.74 Å². The molecule has 0 aliphatic carbocycles. The second-order valence-corrected chi connectivity index (χ2v) is 8.26. The number of amides is 1. The third-order valence-electron chi connectivity index (χ3n) is 5.09. The zero-order valence-corrected chi connectivity index (χ0v) is 19.4. The fourth-order valence-electron chi connectivity index (χ4n) is 3.39. The highest BCUT2D eigenvalue weighted by atomic mass is 32.2. The number of thioether (sulfide) groups is 1. The minimum absolute atomic E-state index is 0.0933. The largest absolute Gasteiger partial charge is 0.497 e. The number of nitro groups is 1. The molecule has 11 heteroatoms. The number of furan rings is 1. The summed E-state index contributed by atoms with van der Waals surface area (Å²) in [5.41, 5.74) is 0.615. The van der Waals surface area contributed by atoms with Crippen LogP contribution in [0.3, 0.4) is 0 Å². The maximum atomic E-state index is 12.9. The van der Waals surface area contributed by atoms with Gasteiger partial charge in [0.1, 0.15) is 17.3 Å². The van der Waals surface area contributed by atoms with E-state index in [1.165, 1.54) is 36.3 Å². The van der Waals surface area contributed by atoms with Gasteiger partial charge in [-0.3, -0.25) is 19.8 Å². The van der Waals surface area contributed by atoms with Gasteiger partial charge >= 0.3 is 5.97 Å². The van der Waals surface area contributed by atoms with E-state index in [1.807, 2.05) is 0 Å². The Bertz CT molecular complexity index is 1390. The summed E-state index contributed by atoms with van der Waals surface area (Å²) in [4.78, 5) is 41.4. The number of nitrogens with zero attached hydrogens (tertiary/aromatic N) is 3. The topological polar surface area (TPSA) is 135 Å². The van der Waals surface area contributed by atoms with Gasteiger partial charge in [0.25, 0.3) is 11.6 Å². The lowest BCUT2D eigenvalue weighted by atomic mass is 10.1. The number of aliphatic imine (C=N–C) groups is 1. The predicted octanol–water partition coefficient (Wildman–Crippen LogP) is 5.19. The van der Waals surface area contributed by atoms with Gasteiger partial charge in [-0.1, -0.05) is 6.07 Å². The summed E-state index contributed by atoms with van der Waals surface area (Å²) in [5.74, 6) is -0.387. The standard InChI is InChI=1S/C24H19N3O7S/c1-3-26-22(28)21(35-24(26)25-15-6-4-5-14(11-15)23(29)30)13-17-8-10-20(34-17)18-9-7-16(33-2)12-19(18)27(31)32/h4-13H,3H2,1-2H3,(H,29,30). The molecular weight excluding hydrogens is 474 g/mol. The first-order valence-corrected chi connectivity index (χ1v) is 11.2. The van der Waals surface area contributed by atoms with Crippen LogP contribution in [0.2, 0.25) is 0 Å². The summed E-state index contributed by atoms with van der Waals surface area (Å²) in [6, 6.07) is 13.8. The van der Waals surface area contributed by atoms with Crippen LogP contribution in [0.1, 0.15) is 23.0 Å². The van der Waals surface area contributed by atoms with Gasteiger partial charge in [-0.25, -0.2) is 9.79 Å². The highest BCUT2D eigenvalue weighted by molar-refractivity contribution is 8.18. The lowest BCUT2D eigenvalue weighted by molar-refractivity contribution is -0.384. The Kier molecular flexibility index (Phi) is 6.69. The fraction of sp³-hybridized carbons (Fsp3) is 0.125. The Labute approximate surface area is 203 Å². The fourth-order valence-corrected chi connectivity index (χ4v) is 4.43. The van der Waals surface area contributed by atoms with Gasteiger partial charge in [-0.05, 0) is 61.2 Å². The van der Waals surface area contributed by atoms with Crippen molar-refractivity contribution in [3.63, 3.8) is 0 Å². The number of carboxylic acid groups (broad SMARTS) is 1. The molecule has 10 nitrogen and oxygen atoms in total. The van der Waals surface area contributed by atoms with Crippen LogP contribution in [-0.4, -0.2) is 45.6 Å². The van der Waals surface area contributed by atoms with Crippen molar-refractivity contribution in [2.75, 3.05) is 13.7 Å². The summed E-state index contributed by atoms with van der Waals surface area (Å²) in [6.45, 7) is 2.17. The van der Waals surface area contributed by atoms with Gasteiger partial charge in [0, 0.05) is 12.6 Å². The van der Waals surface area contributed by atoms with Crippen molar-refractivity contribution < 1.29 is 28.8 Å². The zero-order valence-electron chi connectivity index (χ0n) is 18.6. The third kappa shape index (κ3) is 4.94. The number of hydrogen-bond acceptors (Lipinski definition) is 8. The quantitative estimate of drug-likeness (QED) is 0.270. The molecule has 4 rings (SSSR count). The van der Waals surface area contributed by atoms with Crippen LogP contribution in [0, 0.1) is 10.1 Å². The second-order valence-electron chi connectivity index (χ2n) is 7.25. The van der Waals surface area contributed by atoms with Gasteiger partial charge < -0.3 is 14.3 Å². The predicted molar refractivity (Wildman–Crippen MR) is 131 cm³/mol. The Morgan fingerprint density at radius 3 is 2.74 bits per heavy atom. The average molecular weight is 493 g/mol. The monoisotopic (exact) mass is 493 g/mol. The molecule has 1 aromatic heterocycles. The van der Waals surface area contributed by atoms with E-state index in [-0.39, 0.29) is 28.5 Å². The smallest absolute Gasteiger partial charge is 0.335 e. The minimum Gasteiger partial charge on any atom is -0.497 e. The summed E-state index contributed by atoms with van der Waals surface area (Å²) >= 11 is 1.13. The first-order chi connectivity index (χ1) is 16.8. The van der Waals surface area contributed by atoms with Crippen molar-refractivity contribution in [1.82, 2.24) is 4.90 Å². The second kappa shape index (κ2) is 9.85. The molecule has 1 aliphatic heterocycles. The molecule has 0 radical (unpaired) electrons. The lowest BCUT2D eigenvalue weighted by Crippen LogP contribution is -2.28. The van der Waals surface area contributed by atoms with Gasteiger partial charge in [-0.15, -0.1) is 0 Å². The highest BCUT2D eigenvalue weighted by Crippen LogP contribution is 2.37. The van der Waals surface area contributed by atoms with E-state index in [1.54, 1.807) is 43.3 Å². The van der Waals surface area contributed by atoms with Gasteiger partial charge in [-0.2, -0.15) is 0 Å². The Morgan fingerprint density at radius 2 is 2.06 bits per heavy atom. The minimum atomic E-state index is -1.07. The molecule has 1 saturated heterocycles. The van der Waals surface area contributed by atoms with Crippen molar-refractivity contribution in [3.05, 3.63) is 80.9 Å². The highest BCUT2D eigenvalue weighted by Gasteiger charge is 2.32. The Hall–Kier alpha value is -4.38. The molecule has 3 aromatic rings. The molecule has 0 atom stereocenters. The number of rotatable bonds is 7. The van der Waals surface area contributed by atoms with Crippen molar-refractivity contribution in [2.24, 2.45) is 4.99 Å². The molecule has 0 unspecified atom stereocenters. The van der Waals surface area contributed by atoms with Crippen molar-refractivity contribution in [1.29, 1.82) is 0 Å². The number of carbonyl (C=O) groups is 2. The summed E-state index contributed by atoms with van der Waals surface area (Å²) in [7, 11) is 1.42. The SMILES string of the molecule is CCN1C(=O)C(=Cc2ccc(-c3ccc(OC)cc3[N+](=O)[O-])o2)SC1=Nc1cccc(C(=O)O)c1. The average Bonchev–Trinajstić information content (AvgIpc) is 3.43. The van der Waals surface area contributed by atoms with Crippen LogP contribution in [-0.2, 0) is 4.79 Å². The van der Waals surface area contributed by atoms with Crippen molar-refractivity contribution in [2.45, 2.75) is 6.92 Å². The van der Waals surface area contributed by atoms with Crippen LogP contribution in [0.15, 0.2) is 68.9 Å². The van der Waals surface area contributed by atoms with E-state index >= 15 is 0 Å². The number of carbonyl (C=O) groups excluding carboxylic acids is 1. The molecule has 0 saturated carbocycles. The van der Waals surface area contributed by atoms with Crippen molar-refractivity contribution >= 4 is 46.3 Å². The maximum Gasteiger partial charge on any atom is 0.335 e. The normalized spacial score (nSPS) is 15.7. The van der Waals surface area contributed by atoms with Crippen LogP contribution >= 0.6 is 11.8 Å². The molecule has 1 amide bonds. The zero-order chi connectivity index (χ0) is 25.1. The lowest BCUT2D eigenvalue weighted by Gasteiger charge is -2.12. The Morgan fingerprint density at radius 1 is 1.26 bits per heavy atom. The molecule has 2 aromatic carbocycles. The van der Waals surface area contributed by atoms with Gasteiger partial charge in [0.05, 0.1) is 39.8 Å². The molecule has 1 N–H and O–H groups in total. The summed E-state index contributed by atoms with van der Waals surface area (Å²) in [6.07, 6.45) is 1.55. The number of amidine groups is 1. The Balaban J connectivity index is 1.64. The first-order valence-electron chi connectivity index (χ1n) is 10.4. The number of likely N-dealkylation sites (N-methyl/N-ethyl adjacent to an activating group) is 1. The third-order valence-corrected chi connectivity index (χ3v) is 6.10. The van der Waals surface area contributed by atoms with E-state index < -0.39 is 10.9 Å². The molecule has 1 aliphatic rings. The molecular formula is C24H19N3O7S. The van der Waals surface area contributed by atoms with E-state index in [0.717, 1.165) is 11.8 Å². The molecule has 0 spiro atoms. The van der Waals surface area contributed by atoms with E-state index in [4.69, 9.17) is 9.15 Å². The molecule has 0 bridgehead atoms. The van der Waals surface area contributed by atoms with Crippen LogP contribution in [0.4, 0.5) is 11.4 Å². The van der Waals surface area contributed by atoms with Gasteiger partial charge in [0.15, 0.2) is 5.17 Å². The number of benzene rings is 2. The first kappa shape index (κ1) is 23.8. The summed E-state index contributed by atoms with van der Waals surface area (Å²) in [5, 5.41) is 21.1. The number of carboxylic acids is 1. The van der Waals surface area contributed by atoms with Crippen LogP contribution in [0.5, 0.6) is 5.75 Å². The van der Waals surface area contributed by atoms with E-state index in [9.17, 15) is 24.8 Å². The number of methoxy groups -OCH3 is 1. The number of hydrogen-bond donors (Lipinski definition) is 1. The summed E-state index contributed by atoms with van der Waals surface area (Å²) < 4.78 is 10.9. The number of ether oxygens (including phenoxy) is 1. The molecule has 1 fully saturated rings. The number of nitro benzene ring substituents is 1. The maximum absolute atomic E-state index is 12.9. The molecule has 2 heterocycles. The number of aromatic carboxylic acids is 1. The van der Waals surface area contributed by atoms with E-state index in [0.29, 0.717) is 33.8 Å². The van der Waals surface area contributed by atoms with Crippen LogP contribution in [0.25, 0.3) is 17.4 Å². The van der Waals surface area contributed by atoms with E-state index in [2.05, 4.69) is 4.99 Å². The van der Waals surface area contributed by atoms with Gasteiger partial charge in [0.2, 0.25) is 0 Å².